The maximum atomic E-state index is 13.3. The molecule has 6 rings (SSSR count). The summed E-state index contributed by atoms with van der Waals surface area (Å²) in [4.78, 5) is 30.1. The van der Waals surface area contributed by atoms with E-state index in [4.69, 9.17) is 10.00 Å². The van der Waals surface area contributed by atoms with Crippen LogP contribution in [0.15, 0.2) is 36.7 Å². The number of fused-ring (bicyclic) bond motifs is 1. The van der Waals surface area contributed by atoms with Gasteiger partial charge in [0.15, 0.2) is 0 Å². The van der Waals surface area contributed by atoms with Crippen LogP contribution >= 0.6 is 0 Å². The van der Waals surface area contributed by atoms with E-state index in [1.54, 1.807) is 16.8 Å². The van der Waals surface area contributed by atoms with Crippen molar-refractivity contribution in [1.82, 2.24) is 19.9 Å². The van der Waals surface area contributed by atoms with Gasteiger partial charge in [0.2, 0.25) is 0 Å². The van der Waals surface area contributed by atoms with Crippen LogP contribution < -0.4 is 10.6 Å². The van der Waals surface area contributed by atoms with E-state index < -0.39 is 0 Å². The fourth-order valence-corrected chi connectivity index (χ4v) is 5.32. The molecule has 2 N–H and O–H groups in total. The molecule has 1 saturated heterocycles. The number of amides is 1. The average Bonchev–Trinajstić information content (AvgIpc) is 3.66. The van der Waals surface area contributed by atoms with Crippen LogP contribution in [0, 0.1) is 23.2 Å². The van der Waals surface area contributed by atoms with Gasteiger partial charge in [0.05, 0.1) is 59.2 Å². The molecule has 3 fully saturated rings. The number of nitriles is 1. The standard InChI is InChI=1S/C28H30N6O3/c29-12-18-9-22-7-8-26(34(22)31-13-18)25-11-24(32-21-15-37-16-21)23(14-30-25)28(36)33-20-5-1-17(2-6-20)10-27(35)19-3-4-19/h7-9,11,13-14,17,19-21H,1-6,10,15-16H2,(H,30,32)(H,33,36). The van der Waals surface area contributed by atoms with Crippen LogP contribution in [0.5, 0.6) is 0 Å². The molecule has 3 aliphatic rings. The van der Waals surface area contributed by atoms with Crippen LogP contribution in [0.1, 0.15) is 60.9 Å². The highest BCUT2D eigenvalue weighted by atomic mass is 16.5. The first-order valence-electron chi connectivity index (χ1n) is 13.1. The van der Waals surface area contributed by atoms with Gasteiger partial charge in [-0.15, -0.1) is 0 Å². The van der Waals surface area contributed by atoms with Crippen molar-refractivity contribution >= 4 is 22.9 Å². The van der Waals surface area contributed by atoms with Crippen molar-refractivity contribution in [2.24, 2.45) is 11.8 Å². The minimum absolute atomic E-state index is 0.104. The number of nitrogens with one attached hydrogen (secondary N) is 2. The van der Waals surface area contributed by atoms with Gasteiger partial charge in [-0.3, -0.25) is 14.6 Å². The van der Waals surface area contributed by atoms with Crippen molar-refractivity contribution in [3.63, 3.8) is 0 Å². The number of hydrogen-bond donors (Lipinski definition) is 2. The Kier molecular flexibility index (Phi) is 6.35. The average molecular weight is 499 g/mol. The zero-order valence-corrected chi connectivity index (χ0v) is 20.7. The molecule has 3 aromatic heterocycles. The summed E-state index contributed by atoms with van der Waals surface area (Å²) < 4.78 is 7.07. The van der Waals surface area contributed by atoms with E-state index in [2.05, 4.69) is 26.8 Å². The zero-order chi connectivity index (χ0) is 25.4. The van der Waals surface area contributed by atoms with E-state index in [-0.39, 0.29) is 18.0 Å². The monoisotopic (exact) mass is 498 g/mol. The second kappa shape index (κ2) is 9.94. The smallest absolute Gasteiger partial charge is 0.255 e. The van der Waals surface area contributed by atoms with Crippen LogP contribution in [0.2, 0.25) is 0 Å². The number of hydrogen-bond acceptors (Lipinski definition) is 7. The number of aromatic nitrogens is 3. The Labute approximate surface area is 215 Å². The summed E-state index contributed by atoms with van der Waals surface area (Å²) >= 11 is 0. The van der Waals surface area contributed by atoms with Crippen molar-refractivity contribution < 1.29 is 14.3 Å². The van der Waals surface area contributed by atoms with Crippen LogP contribution in [-0.2, 0) is 9.53 Å². The number of carbonyl (C=O) groups is 2. The Morgan fingerprint density at radius 2 is 1.86 bits per heavy atom. The summed E-state index contributed by atoms with van der Waals surface area (Å²) in [6.45, 7) is 1.18. The first kappa shape index (κ1) is 23.6. The Morgan fingerprint density at radius 1 is 1.05 bits per heavy atom. The predicted molar refractivity (Wildman–Crippen MR) is 137 cm³/mol. The van der Waals surface area contributed by atoms with Gasteiger partial charge >= 0.3 is 0 Å². The largest absolute Gasteiger partial charge is 0.377 e. The molecule has 0 spiro atoms. The lowest BCUT2D eigenvalue weighted by atomic mass is 9.82. The lowest BCUT2D eigenvalue weighted by Crippen LogP contribution is -2.42. The molecule has 0 aromatic carbocycles. The predicted octanol–water partition coefficient (Wildman–Crippen LogP) is 3.74. The Balaban J connectivity index is 1.18. The van der Waals surface area contributed by atoms with E-state index in [1.165, 1.54) is 6.20 Å². The maximum absolute atomic E-state index is 13.3. The van der Waals surface area contributed by atoms with E-state index >= 15 is 0 Å². The van der Waals surface area contributed by atoms with Crippen LogP contribution in [0.3, 0.4) is 0 Å². The number of ether oxygens (including phenoxy) is 1. The summed E-state index contributed by atoms with van der Waals surface area (Å²) in [5.74, 6) is 1.07. The van der Waals surface area contributed by atoms with Crippen molar-refractivity contribution in [1.29, 1.82) is 5.26 Å². The van der Waals surface area contributed by atoms with E-state index in [9.17, 15) is 9.59 Å². The van der Waals surface area contributed by atoms with Gasteiger partial charge in [-0.1, -0.05) is 0 Å². The minimum Gasteiger partial charge on any atom is -0.377 e. The normalized spacial score (nSPS) is 21.7. The van der Waals surface area contributed by atoms with Crippen LogP contribution in [-0.4, -0.2) is 51.6 Å². The first-order chi connectivity index (χ1) is 18.1. The summed E-state index contributed by atoms with van der Waals surface area (Å²) in [6.07, 6.45) is 9.74. The third-order valence-corrected chi connectivity index (χ3v) is 7.74. The number of anilines is 1. The molecule has 1 amide bonds. The van der Waals surface area contributed by atoms with Gasteiger partial charge in [-0.05, 0) is 68.7 Å². The molecular weight excluding hydrogens is 468 g/mol. The van der Waals surface area contributed by atoms with Crippen LogP contribution in [0.25, 0.3) is 16.9 Å². The SMILES string of the molecule is N#Cc1cnn2c(-c3cc(NC4COC4)c(C(=O)NC4CCC(CC(=O)C5CC5)CC4)cn3)ccc2c1. The number of Topliss-reactive ketones (excluding diaryl/α,β-unsaturated/α-hetero) is 1. The second-order valence-corrected chi connectivity index (χ2v) is 10.5. The lowest BCUT2D eigenvalue weighted by molar-refractivity contribution is -0.121. The lowest BCUT2D eigenvalue weighted by Gasteiger charge is -2.30. The fraction of sp³-hybridized carbons (Fsp3) is 0.464. The van der Waals surface area contributed by atoms with Crippen LogP contribution in [0.4, 0.5) is 5.69 Å². The third kappa shape index (κ3) is 5.07. The molecule has 9 nitrogen and oxygen atoms in total. The second-order valence-electron chi connectivity index (χ2n) is 10.5. The molecule has 37 heavy (non-hydrogen) atoms. The fourth-order valence-electron chi connectivity index (χ4n) is 5.32. The van der Waals surface area contributed by atoms with Crippen molar-refractivity contribution in [2.45, 2.75) is 57.0 Å². The Hall–Kier alpha value is -3.77. The zero-order valence-electron chi connectivity index (χ0n) is 20.7. The molecule has 2 saturated carbocycles. The number of nitrogens with zero attached hydrogens (tertiary/aromatic N) is 4. The molecule has 0 bridgehead atoms. The Bertz CT molecular complexity index is 1380. The van der Waals surface area contributed by atoms with Gasteiger partial charge in [0, 0.05) is 24.6 Å². The van der Waals surface area contributed by atoms with E-state index in [0.717, 1.165) is 49.7 Å². The van der Waals surface area contributed by atoms with Gasteiger partial charge in [0.1, 0.15) is 11.9 Å². The number of ketones is 1. The van der Waals surface area contributed by atoms with Gasteiger partial charge in [-0.25, -0.2) is 4.52 Å². The summed E-state index contributed by atoms with van der Waals surface area (Å²) in [5.41, 5.74) is 3.96. The van der Waals surface area contributed by atoms with E-state index in [1.807, 2.05) is 18.2 Å². The molecule has 0 unspecified atom stereocenters. The molecule has 9 heteroatoms. The van der Waals surface area contributed by atoms with Crippen molar-refractivity contribution in [3.8, 4) is 17.5 Å². The molecule has 4 heterocycles. The van der Waals surface area contributed by atoms with Gasteiger partial charge in [0.25, 0.3) is 5.91 Å². The molecule has 2 aliphatic carbocycles. The third-order valence-electron chi connectivity index (χ3n) is 7.74. The van der Waals surface area contributed by atoms with Crippen molar-refractivity contribution in [2.75, 3.05) is 18.5 Å². The number of carbonyl (C=O) groups excluding carboxylic acids is 2. The highest BCUT2D eigenvalue weighted by molar-refractivity contribution is 6.00. The molecule has 3 aromatic rings. The highest BCUT2D eigenvalue weighted by Gasteiger charge is 2.32. The van der Waals surface area contributed by atoms with E-state index in [0.29, 0.717) is 59.8 Å². The van der Waals surface area contributed by atoms with Crippen molar-refractivity contribution in [3.05, 3.63) is 47.8 Å². The molecule has 0 radical (unpaired) electrons. The number of pyridine rings is 1. The molecule has 190 valence electrons. The summed E-state index contributed by atoms with van der Waals surface area (Å²) in [5, 5.41) is 20.2. The summed E-state index contributed by atoms with van der Waals surface area (Å²) in [6, 6.07) is 9.82. The number of rotatable bonds is 8. The van der Waals surface area contributed by atoms with Gasteiger partial charge < -0.3 is 15.4 Å². The topological polar surface area (TPSA) is 121 Å². The Morgan fingerprint density at radius 3 is 2.57 bits per heavy atom. The quantitative estimate of drug-likeness (QED) is 0.485. The summed E-state index contributed by atoms with van der Waals surface area (Å²) in [7, 11) is 0. The minimum atomic E-state index is -0.142. The maximum Gasteiger partial charge on any atom is 0.255 e. The molecule has 0 atom stereocenters. The van der Waals surface area contributed by atoms with Gasteiger partial charge in [-0.2, -0.15) is 10.4 Å². The molecule has 1 aliphatic heterocycles. The molecular formula is C28H30N6O3. The first-order valence-corrected chi connectivity index (χ1v) is 13.1. The highest BCUT2D eigenvalue weighted by Crippen LogP contribution is 2.35.